The third-order valence-corrected chi connectivity index (χ3v) is 5.53. The van der Waals surface area contributed by atoms with Gasteiger partial charge in [-0.2, -0.15) is 4.99 Å². The van der Waals surface area contributed by atoms with E-state index >= 15 is 0 Å². The number of rotatable bonds is 4. The summed E-state index contributed by atoms with van der Waals surface area (Å²) in [5.41, 5.74) is 1.65. The molecule has 2 aromatic carbocycles. The monoisotopic (exact) mass is 420 g/mol. The number of esters is 1. The zero-order valence-electron chi connectivity index (χ0n) is 16.2. The Morgan fingerprint density at radius 3 is 2.80 bits per heavy atom. The van der Waals surface area contributed by atoms with Crippen LogP contribution in [0.25, 0.3) is 21.2 Å². The van der Waals surface area contributed by atoms with E-state index in [1.54, 1.807) is 34.9 Å². The number of fused-ring (bicyclic) bond motifs is 2. The van der Waals surface area contributed by atoms with Crippen LogP contribution in [0.15, 0.2) is 51.9 Å². The summed E-state index contributed by atoms with van der Waals surface area (Å²) in [5, 5.41) is 0.739. The molecule has 0 atom stereocenters. The van der Waals surface area contributed by atoms with Crippen LogP contribution in [-0.4, -0.2) is 30.7 Å². The van der Waals surface area contributed by atoms with Crippen molar-refractivity contribution in [2.75, 3.05) is 14.2 Å². The molecule has 0 radical (unpaired) electrons. The predicted molar refractivity (Wildman–Crippen MR) is 113 cm³/mol. The van der Waals surface area contributed by atoms with Gasteiger partial charge < -0.3 is 18.5 Å². The maximum Gasteiger partial charge on any atom is 0.337 e. The fourth-order valence-electron chi connectivity index (χ4n) is 3.09. The number of carbonyl (C=O) groups is 2. The number of terminal acetylenes is 1. The standard InChI is InChI=1S/C22H16N2O5S/c1-4-10-24-15-9-8-14(21(26)28-3)12-18(15)30-22(24)23-20(25)17-11-13-6-5-7-16(27-2)19(13)29-17/h1,5-9,11-12H,10H2,2-3H3. The van der Waals surface area contributed by atoms with Crippen LogP contribution < -0.4 is 9.54 Å². The van der Waals surface area contributed by atoms with E-state index in [0.717, 1.165) is 15.6 Å². The van der Waals surface area contributed by atoms with E-state index in [2.05, 4.69) is 10.9 Å². The Morgan fingerprint density at radius 2 is 2.07 bits per heavy atom. The zero-order valence-corrected chi connectivity index (χ0v) is 17.0. The van der Waals surface area contributed by atoms with E-state index in [0.29, 0.717) is 21.7 Å². The van der Waals surface area contributed by atoms with E-state index in [9.17, 15) is 9.59 Å². The first-order valence-corrected chi connectivity index (χ1v) is 9.68. The molecule has 0 N–H and O–H groups in total. The van der Waals surface area contributed by atoms with Gasteiger partial charge in [-0.05, 0) is 30.3 Å². The molecule has 30 heavy (non-hydrogen) atoms. The number of thiazole rings is 1. The number of methoxy groups -OCH3 is 2. The molecule has 4 aromatic rings. The van der Waals surface area contributed by atoms with Crippen LogP contribution in [0.5, 0.6) is 5.75 Å². The van der Waals surface area contributed by atoms with Gasteiger partial charge in [0, 0.05) is 5.39 Å². The number of furan rings is 1. The van der Waals surface area contributed by atoms with Gasteiger partial charge in [0.25, 0.3) is 0 Å². The summed E-state index contributed by atoms with van der Waals surface area (Å²) in [5.74, 6) is 2.21. The molecule has 2 heterocycles. The molecule has 0 aliphatic heterocycles. The van der Waals surface area contributed by atoms with Crippen molar-refractivity contribution in [3.8, 4) is 18.1 Å². The Kier molecular flexibility index (Phi) is 5.12. The highest BCUT2D eigenvalue weighted by atomic mass is 32.1. The molecule has 4 rings (SSSR count). The highest BCUT2D eigenvalue weighted by molar-refractivity contribution is 7.16. The van der Waals surface area contributed by atoms with Crippen LogP contribution in [0.3, 0.4) is 0 Å². The van der Waals surface area contributed by atoms with E-state index in [1.165, 1.54) is 25.6 Å². The van der Waals surface area contributed by atoms with Crippen LogP contribution in [-0.2, 0) is 11.3 Å². The van der Waals surface area contributed by atoms with Gasteiger partial charge in [-0.1, -0.05) is 29.4 Å². The first-order chi connectivity index (χ1) is 14.5. The minimum atomic E-state index is -0.543. The normalized spacial score (nSPS) is 11.6. The molecule has 0 aliphatic rings. The van der Waals surface area contributed by atoms with Crippen LogP contribution in [0.1, 0.15) is 20.9 Å². The molecule has 150 valence electrons. The Balaban J connectivity index is 1.83. The van der Waals surface area contributed by atoms with Gasteiger partial charge in [0.1, 0.15) is 0 Å². The number of carbonyl (C=O) groups excluding carboxylic acids is 2. The van der Waals surface area contributed by atoms with Crippen molar-refractivity contribution in [2.45, 2.75) is 6.54 Å². The molecule has 0 spiro atoms. The Bertz CT molecular complexity index is 1400. The summed E-state index contributed by atoms with van der Waals surface area (Å²) in [4.78, 5) is 29.3. The molecule has 2 aromatic heterocycles. The number of hydrogen-bond donors (Lipinski definition) is 0. The van der Waals surface area contributed by atoms with Crippen LogP contribution in [0.2, 0.25) is 0 Å². The van der Waals surface area contributed by atoms with Crippen molar-refractivity contribution in [3.63, 3.8) is 0 Å². The van der Waals surface area contributed by atoms with E-state index in [1.807, 2.05) is 12.1 Å². The molecule has 0 fully saturated rings. The number of hydrogen-bond acceptors (Lipinski definition) is 6. The van der Waals surface area contributed by atoms with Crippen molar-refractivity contribution in [3.05, 3.63) is 58.6 Å². The topological polar surface area (TPSA) is 83.0 Å². The van der Waals surface area contributed by atoms with Gasteiger partial charge in [0.2, 0.25) is 0 Å². The van der Waals surface area contributed by atoms with Crippen LogP contribution in [0.4, 0.5) is 0 Å². The molecular weight excluding hydrogens is 404 g/mol. The smallest absolute Gasteiger partial charge is 0.337 e. The predicted octanol–water partition coefficient (Wildman–Crippen LogP) is 3.62. The highest BCUT2D eigenvalue weighted by Crippen LogP contribution is 2.28. The molecule has 0 bridgehead atoms. The van der Waals surface area contributed by atoms with Crippen molar-refractivity contribution in [2.24, 2.45) is 4.99 Å². The summed E-state index contributed by atoms with van der Waals surface area (Å²) in [6.45, 7) is 0.220. The zero-order chi connectivity index (χ0) is 21.3. The van der Waals surface area contributed by atoms with Gasteiger partial charge in [0.05, 0.1) is 36.5 Å². The third kappa shape index (κ3) is 3.36. The summed E-state index contributed by atoms with van der Waals surface area (Å²) >= 11 is 1.25. The summed E-state index contributed by atoms with van der Waals surface area (Å²) in [6.07, 6.45) is 5.50. The van der Waals surface area contributed by atoms with Gasteiger partial charge in [0.15, 0.2) is 21.9 Å². The average Bonchev–Trinajstić information content (AvgIpc) is 3.34. The van der Waals surface area contributed by atoms with Gasteiger partial charge in [-0.25, -0.2) is 4.79 Å². The lowest BCUT2D eigenvalue weighted by atomic mass is 10.2. The second-order valence-electron chi connectivity index (χ2n) is 6.26. The number of nitrogens with zero attached hydrogens (tertiary/aromatic N) is 2. The molecule has 7 nitrogen and oxygen atoms in total. The lowest BCUT2D eigenvalue weighted by Crippen LogP contribution is -2.16. The van der Waals surface area contributed by atoms with Gasteiger partial charge >= 0.3 is 11.9 Å². The van der Waals surface area contributed by atoms with Crippen molar-refractivity contribution in [1.82, 2.24) is 4.57 Å². The second kappa shape index (κ2) is 7.89. The Morgan fingerprint density at radius 1 is 1.23 bits per heavy atom. The minimum Gasteiger partial charge on any atom is -0.493 e. The van der Waals surface area contributed by atoms with Crippen molar-refractivity contribution < 1.29 is 23.5 Å². The molecule has 0 saturated carbocycles. The molecule has 0 aliphatic carbocycles. The second-order valence-corrected chi connectivity index (χ2v) is 7.26. The van der Waals surface area contributed by atoms with Crippen molar-refractivity contribution in [1.29, 1.82) is 0 Å². The third-order valence-electron chi connectivity index (χ3n) is 4.49. The first kappa shape index (κ1) is 19.5. The SMILES string of the molecule is C#CCn1c(=NC(=O)c2cc3cccc(OC)c3o2)sc2cc(C(=O)OC)ccc21. The average molecular weight is 420 g/mol. The first-order valence-electron chi connectivity index (χ1n) is 8.86. The molecule has 0 unspecified atom stereocenters. The van der Waals surface area contributed by atoms with E-state index < -0.39 is 11.9 Å². The Hall–Kier alpha value is -3.83. The van der Waals surface area contributed by atoms with E-state index in [-0.39, 0.29) is 12.3 Å². The maximum absolute atomic E-state index is 12.8. The van der Waals surface area contributed by atoms with Gasteiger partial charge in [-0.3, -0.25) is 4.79 Å². The fraction of sp³-hybridized carbons (Fsp3) is 0.136. The molecule has 8 heteroatoms. The lowest BCUT2D eigenvalue weighted by molar-refractivity contribution is 0.0601. The maximum atomic E-state index is 12.8. The highest BCUT2D eigenvalue weighted by Gasteiger charge is 2.16. The fourth-order valence-corrected chi connectivity index (χ4v) is 4.16. The molecule has 1 amide bonds. The number of ether oxygens (including phenoxy) is 2. The van der Waals surface area contributed by atoms with Crippen LogP contribution >= 0.6 is 11.3 Å². The summed E-state index contributed by atoms with van der Waals surface area (Å²) < 4.78 is 18.2. The number of aromatic nitrogens is 1. The number of para-hydroxylation sites is 1. The minimum absolute atomic E-state index is 0.0921. The summed E-state index contributed by atoms with van der Waals surface area (Å²) in [6, 6.07) is 12.1. The molecular formula is C22H16N2O5S. The molecule has 0 saturated heterocycles. The van der Waals surface area contributed by atoms with Crippen molar-refractivity contribution >= 4 is 44.4 Å². The largest absolute Gasteiger partial charge is 0.493 e. The summed E-state index contributed by atoms with van der Waals surface area (Å²) in [7, 11) is 2.85. The number of amides is 1. The van der Waals surface area contributed by atoms with E-state index in [4.69, 9.17) is 20.3 Å². The lowest BCUT2D eigenvalue weighted by Gasteiger charge is -2.01. The van der Waals surface area contributed by atoms with Gasteiger partial charge in [-0.15, -0.1) is 6.42 Å². The quantitative estimate of drug-likeness (QED) is 0.372. The van der Waals surface area contributed by atoms with Crippen LogP contribution in [0, 0.1) is 12.3 Å². The Labute approximate surface area is 175 Å². The number of benzene rings is 2.